The van der Waals surface area contributed by atoms with Crippen molar-refractivity contribution in [2.75, 3.05) is 6.54 Å². The maximum atomic E-state index is 12.3. The van der Waals surface area contributed by atoms with Gasteiger partial charge in [0.1, 0.15) is 24.8 Å². The van der Waals surface area contributed by atoms with Crippen LogP contribution in [0.5, 0.6) is 0 Å². The topological polar surface area (TPSA) is 93.7 Å². The standard InChI is InChI=1S/C19H28N2O5/c1-13(2)16(17(23)20-11-15(22)26-19(3,4)5)21-18(24)25-12-14-9-7-6-8-10-14/h6-10,13,16H,11-12H2,1-5H3,(H,20,23)(H,21,24)/t16-/m1/s1. The van der Waals surface area contributed by atoms with Gasteiger partial charge in [0.25, 0.3) is 0 Å². The fourth-order valence-corrected chi connectivity index (χ4v) is 2.07. The normalized spacial score (nSPS) is 12.2. The molecule has 1 aromatic rings. The number of carbonyl (C=O) groups excluding carboxylic acids is 3. The van der Waals surface area contributed by atoms with Crippen LogP contribution in [-0.2, 0) is 25.7 Å². The highest BCUT2D eigenvalue weighted by Gasteiger charge is 2.26. The summed E-state index contributed by atoms with van der Waals surface area (Å²) in [5.41, 5.74) is 0.219. The van der Waals surface area contributed by atoms with E-state index in [-0.39, 0.29) is 19.1 Å². The molecule has 0 bridgehead atoms. The lowest BCUT2D eigenvalue weighted by Gasteiger charge is -2.22. The molecule has 2 N–H and O–H groups in total. The van der Waals surface area contributed by atoms with E-state index in [4.69, 9.17) is 9.47 Å². The van der Waals surface area contributed by atoms with Crippen molar-refractivity contribution in [2.24, 2.45) is 5.92 Å². The molecule has 144 valence electrons. The minimum atomic E-state index is -0.819. The molecule has 0 saturated carbocycles. The van der Waals surface area contributed by atoms with Crippen molar-refractivity contribution in [3.8, 4) is 0 Å². The molecule has 1 aromatic carbocycles. The largest absolute Gasteiger partial charge is 0.459 e. The van der Waals surface area contributed by atoms with E-state index >= 15 is 0 Å². The predicted molar refractivity (Wildman–Crippen MR) is 97.2 cm³/mol. The minimum absolute atomic E-state index is 0.108. The fourth-order valence-electron chi connectivity index (χ4n) is 2.07. The van der Waals surface area contributed by atoms with Crippen LogP contribution in [0.15, 0.2) is 30.3 Å². The molecule has 0 radical (unpaired) electrons. The molecule has 0 spiro atoms. The van der Waals surface area contributed by atoms with Crippen molar-refractivity contribution in [1.29, 1.82) is 0 Å². The Kier molecular flexibility index (Phi) is 8.09. The lowest BCUT2D eigenvalue weighted by atomic mass is 10.0. The third kappa shape index (κ3) is 8.50. The van der Waals surface area contributed by atoms with Crippen molar-refractivity contribution in [3.63, 3.8) is 0 Å². The van der Waals surface area contributed by atoms with Crippen molar-refractivity contribution in [3.05, 3.63) is 35.9 Å². The van der Waals surface area contributed by atoms with Gasteiger partial charge in [-0.1, -0.05) is 44.2 Å². The van der Waals surface area contributed by atoms with Crippen molar-refractivity contribution >= 4 is 18.0 Å². The van der Waals surface area contributed by atoms with Crippen LogP contribution in [0.3, 0.4) is 0 Å². The number of hydrogen-bond donors (Lipinski definition) is 2. The lowest BCUT2D eigenvalue weighted by molar-refractivity contribution is -0.154. The highest BCUT2D eigenvalue weighted by atomic mass is 16.6. The maximum absolute atomic E-state index is 12.3. The Balaban J connectivity index is 2.49. The summed E-state index contributed by atoms with van der Waals surface area (Å²) in [7, 11) is 0. The number of carbonyl (C=O) groups is 3. The number of esters is 1. The Bertz CT molecular complexity index is 608. The summed E-state index contributed by atoms with van der Waals surface area (Å²) in [4.78, 5) is 35.9. The molecule has 0 aliphatic heterocycles. The van der Waals surface area contributed by atoms with E-state index < -0.39 is 29.6 Å². The van der Waals surface area contributed by atoms with E-state index in [9.17, 15) is 14.4 Å². The molecule has 0 unspecified atom stereocenters. The zero-order chi connectivity index (χ0) is 19.7. The summed E-state index contributed by atoms with van der Waals surface area (Å²) in [6.07, 6.45) is -0.694. The van der Waals surface area contributed by atoms with Crippen LogP contribution >= 0.6 is 0 Å². The molecule has 2 amide bonds. The van der Waals surface area contributed by atoms with Crippen LogP contribution in [0.2, 0.25) is 0 Å². The first kappa shape index (κ1) is 21.5. The van der Waals surface area contributed by atoms with Crippen molar-refractivity contribution in [2.45, 2.75) is 52.9 Å². The number of benzene rings is 1. The van der Waals surface area contributed by atoms with Crippen LogP contribution in [0.25, 0.3) is 0 Å². The Morgan fingerprint density at radius 2 is 1.69 bits per heavy atom. The molecule has 0 heterocycles. The second-order valence-electron chi connectivity index (χ2n) is 7.23. The number of rotatable bonds is 7. The fraction of sp³-hybridized carbons (Fsp3) is 0.526. The SMILES string of the molecule is CC(C)[C@@H](NC(=O)OCc1ccccc1)C(=O)NCC(=O)OC(C)(C)C. The van der Waals surface area contributed by atoms with E-state index in [0.29, 0.717) is 0 Å². The second kappa shape index (κ2) is 9.79. The van der Waals surface area contributed by atoms with Gasteiger partial charge in [0.2, 0.25) is 5.91 Å². The third-order valence-corrected chi connectivity index (χ3v) is 3.26. The number of alkyl carbamates (subject to hydrolysis) is 1. The minimum Gasteiger partial charge on any atom is -0.459 e. The molecule has 0 saturated heterocycles. The first-order chi connectivity index (χ1) is 12.1. The van der Waals surface area contributed by atoms with Gasteiger partial charge in [-0.05, 0) is 32.3 Å². The summed E-state index contributed by atoms with van der Waals surface area (Å²) in [6.45, 7) is 8.65. The molecule has 7 nitrogen and oxygen atoms in total. The first-order valence-corrected chi connectivity index (χ1v) is 8.55. The van der Waals surface area contributed by atoms with Crippen molar-refractivity contribution in [1.82, 2.24) is 10.6 Å². The molecular formula is C19H28N2O5. The predicted octanol–water partition coefficient (Wildman–Crippen LogP) is 2.40. The number of amides is 2. The van der Waals surface area contributed by atoms with Gasteiger partial charge in [0.05, 0.1) is 0 Å². The number of hydrogen-bond acceptors (Lipinski definition) is 5. The van der Waals surface area contributed by atoms with E-state index in [0.717, 1.165) is 5.56 Å². The summed E-state index contributed by atoms with van der Waals surface area (Å²) >= 11 is 0. The van der Waals surface area contributed by atoms with E-state index in [1.165, 1.54) is 0 Å². The quantitative estimate of drug-likeness (QED) is 0.725. The Labute approximate surface area is 154 Å². The number of nitrogens with one attached hydrogen (secondary N) is 2. The van der Waals surface area contributed by atoms with Crippen molar-refractivity contribution < 1.29 is 23.9 Å². The van der Waals surface area contributed by atoms with E-state index in [2.05, 4.69) is 10.6 Å². The average molecular weight is 364 g/mol. The summed E-state index contributed by atoms with van der Waals surface area (Å²) in [5.74, 6) is -1.19. The molecule has 0 aliphatic carbocycles. The monoisotopic (exact) mass is 364 g/mol. The lowest BCUT2D eigenvalue weighted by Crippen LogP contribution is -2.51. The van der Waals surface area contributed by atoms with Crippen LogP contribution in [0.4, 0.5) is 4.79 Å². The van der Waals surface area contributed by atoms with Gasteiger partial charge in [-0.2, -0.15) is 0 Å². The zero-order valence-electron chi connectivity index (χ0n) is 16.0. The Hall–Kier alpha value is -2.57. The average Bonchev–Trinajstić information content (AvgIpc) is 2.55. The second-order valence-corrected chi connectivity index (χ2v) is 7.23. The molecule has 1 rings (SSSR count). The van der Waals surface area contributed by atoms with Gasteiger partial charge >= 0.3 is 12.1 Å². The van der Waals surface area contributed by atoms with Gasteiger partial charge < -0.3 is 20.1 Å². The zero-order valence-corrected chi connectivity index (χ0v) is 16.0. The smallest absolute Gasteiger partial charge is 0.408 e. The van der Waals surface area contributed by atoms with Crippen LogP contribution in [-0.4, -0.2) is 36.2 Å². The highest BCUT2D eigenvalue weighted by molar-refractivity contribution is 5.88. The number of ether oxygens (including phenoxy) is 2. The molecule has 7 heteroatoms. The van der Waals surface area contributed by atoms with Gasteiger partial charge in [-0.25, -0.2) is 4.79 Å². The Morgan fingerprint density at radius 3 is 2.23 bits per heavy atom. The maximum Gasteiger partial charge on any atom is 0.408 e. The van der Waals surface area contributed by atoms with Gasteiger partial charge in [0, 0.05) is 0 Å². The molecule has 0 fully saturated rings. The first-order valence-electron chi connectivity index (χ1n) is 8.55. The van der Waals surface area contributed by atoms with E-state index in [1.807, 2.05) is 30.3 Å². The molecule has 1 atom stereocenters. The molecule has 26 heavy (non-hydrogen) atoms. The molecule has 0 aromatic heterocycles. The Morgan fingerprint density at radius 1 is 1.08 bits per heavy atom. The van der Waals surface area contributed by atoms with Gasteiger partial charge in [-0.3, -0.25) is 9.59 Å². The van der Waals surface area contributed by atoms with Gasteiger partial charge in [-0.15, -0.1) is 0 Å². The third-order valence-electron chi connectivity index (χ3n) is 3.26. The highest BCUT2D eigenvalue weighted by Crippen LogP contribution is 2.07. The van der Waals surface area contributed by atoms with Crippen LogP contribution in [0, 0.1) is 5.92 Å². The molecular weight excluding hydrogens is 336 g/mol. The summed E-state index contributed by atoms with van der Waals surface area (Å²) < 4.78 is 10.3. The van der Waals surface area contributed by atoms with E-state index in [1.54, 1.807) is 34.6 Å². The van der Waals surface area contributed by atoms with Gasteiger partial charge in [0.15, 0.2) is 0 Å². The molecule has 0 aliphatic rings. The van der Waals surface area contributed by atoms with Crippen LogP contribution in [0.1, 0.15) is 40.2 Å². The summed E-state index contributed by atoms with van der Waals surface area (Å²) in [5, 5.41) is 5.01. The summed E-state index contributed by atoms with van der Waals surface area (Å²) in [6, 6.07) is 8.41. The van der Waals surface area contributed by atoms with Crippen LogP contribution < -0.4 is 10.6 Å².